The average Bonchev–Trinajstić information content (AvgIpc) is 2.91. The van der Waals surface area contributed by atoms with Crippen molar-refractivity contribution in [1.82, 2.24) is 14.8 Å². The summed E-state index contributed by atoms with van der Waals surface area (Å²) in [7, 11) is 0. The number of hydrogen-bond acceptors (Lipinski definition) is 3. The smallest absolute Gasteiger partial charge is 0.153 e. The highest BCUT2D eigenvalue weighted by atomic mass is 19.1. The predicted molar refractivity (Wildman–Crippen MR) is 76.9 cm³/mol. The highest BCUT2D eigenvalue weighted by Gasteiger charge is 2.12. The molecule has 0 atom stereocenters. The maximum atomic E-state index is 13.3. The summed E-state index contributed by atoms with van der Waals surface area (Å²) in [5, 5.41) is 4.36. The van der Waals surface area contributed by atoms with E-state index < -0.39 is 0 Å². The second-order valence-corrected chi connectivity index (χ2v) is 4.70. The molecule has 0 aliphatic rings. The summed E-state index contributed by atoms with van der Waals surface area (Å²) in [5.41, 5.74) is 2.43. The molecule has 0 bridgehead atoms. The number of aryl methyl sites for hydroxylation is 1. The number of hydrogen-bond donors (Lipinski definition) is 0. The zero-order chi connectivity index (χ0) is 14.8. The Labute approximate surface area is 120 Å². The molecule has 2 aromatic heterocycles. The van der Waals surface area contributed by atoms with Gasteiger partial charge in [-0.2, -0.15) is 5.10 Å². The van der Waals surface area contributed by atoms with E-state index >= 15 is 0 Å². The summed E-state index contributed by atoms with van der Waals surface area (Å²) in [6.07, 6.45) is 3.98. The number of carbonyl (C=O) groups excluding carboxylic acids is 1. The summed E-state index contributed by atoms with van der Waals surface area (Å²) in [4.78, 5) is 15.4. The molecule has 5 heteroatoms. The van der Waals surface area contributed by atoms with Gasteiger partial charge in [0.15, 0.2) is 12.1 Å². The monoisotopic (exact) mass is 281 g/mol. The Morgan fingerprint density at radius 1 is 1.24 bits per heavy atom. The molecular formula is C16H12FN3O. The van der Waals surface area contributed by atoms with Crippen molar-refractivity contribution in [3.63, 3.8) is 0 Å². The fourth-order valence-corrected chi connectivity index (χ4v) is 2.10. The number of benzene rings is 1. The third-order valence-corrected chi connectivity index (χ3v) is 3.10. The molecule has 1 aromatic carbocycles. The number of rotatable bonds is 3. The molecule has 0 amide bonds. The van der Waals surface area contributed by atoms with Crippen LogP contribution in [0.15, 0.2) is 48.8 Å². The maximum Gasteiger partial charge on any atom is 0.153 e. The van der Waals surface area contributed by atoms with Crippen LogP contribution in [0.3, 0.4) is 0 Å². The van der Waals surface area contributed by atoms with E-state index in [1.807, 2.05) is 19.1 Å². The van der Waals surface area contributed by atoms with Crippen LogP contribution in [-0.4, -0.2) is 21.1 Å². The van der Waals surface area contributed by atoms with Crippen LogP contribution in [0.25, 0.3) is 17.1 Å². The van der Waals surface area contributed by atoms with Gasteiger partial charge >= 0.3 is 0 Å². The first-order valence-electron chi connectivity index (χ1n) is 6.41. The van der Waals surface area contributed by atoms with Crippen LogP contribution in [-0.2, 0) is 0 Å². The van der Waals surface area contributed by atoms with Gasteiger partial charge in [0, 0.05) is 18.0 Å². The summed E-state index contributed by atoms with van der Waals surface area (Å²) in [5.74, 6) is 0.244. The van der Waals surface area contributed by atoms with Crippen molar-refractivity contribution in [2.75, 3.05) is 0 Å². The van der Waals surface area contributed by atoms with Gasteiger partial charge in [-0.3, -0.25) is 4.79 Å². The van der Waals surface area contributed by atoms with E-state index in [2.05, 4.69) is 10.1 Å². The van der Waals surface area contributed by atoms with Crippen LogP contribution in [0.5, 0.6) is 0 Å². The Morgan fingerprint density at radius 3 is 2.81 bits per heavy atom. The van der Waals surface area contributed by atoms with E-state index in [9.17, 15) is 9.18 Å². The van der Waals surface area contributed by atoms with Crippen molar-refractivity contribution in [2.45, 2.75) is 6.92 Å². The number of carbonyl (C=O) groups is 1. The fraction of sp³-hybridized carbons (Fsp3) is 0.0625. The Morgan fingerprint density at radius 2 is 2.10 bits per heavy atom. The lowest BCUT2D eigenvalue weighted by molar-refractivity contribution is 0.112. The van der Waals surface area contributed by atoms with Crippen LogP contribution in [0.2, 0.25) is 0 Å². The van der Waals surface area contributed by atoms with Crippen LogP contribution in [0.1, 0.15) is 15.9 Å². The van der Waals surface area contributed by atoms with Crippen LogP contribution >= 0.6 is 0 Å². The molecule has 0 aliphatic heterocycles. The zero-order valence-electron chi connectivity index (χ0n) is 11.3. The number of pyridine rings is 1. The molecule has 0 unspecified atom stereocenters. The third kappa shape index (κ3) is 2.58. The van der Waals surface area contributed by atoms with E-state index in [0.717, 1.165) is 5.56 Å². The summed E-state index contributed by atoms with van der Waals surface area (Å²) >= 11 is 0. The molecule has 4 nitrogen and oxygen atoms in total. The number of aldehydes is 1. The summed E-state index contributed by atoms with van der Waals surface area (Å²) < 4.78 is 14.9. The quantitative estimate of drug-likeness (QED) is 0.693. The molecule has 104 valence electrons. The van der Waals surface area contributed by atoms with Crippen molar-refractivity contribution >= 4 is 6.29 Å². The van der Waals surface area contributed by atoms with Crippen molar-refractivity contribution < 1.29 is 9.18 Å². The van der Waals surface area contributed by atoms with Crippen LogP contribution in [0, 0.1) is 12.7 Å². The van der Waals surface area contributed by atoms with Gasteiger partial charge in [0.05, 0.1) is 5.56 Å². The minimum absolute atomic E-state index is 0.368. The molecule has 0 aliphatic carbocycles. The Balaban J connectivity index is 2.13. The minimum atomic E-state index is -0.368. The second-order valence-electron chi connectivity index (χ2n) is 4.70. The first kappa shape index (κ1) is 13.2. The van der Waals surface area contributed by atoms with Crippen molar-refractivity contribution in [3.8, 4) is 17.1 Å². The SMILES string of the molecule is Cc1ccnc(-n2cc(C=O)c(-c3cccc(F)c3)n2)c1. The molecule has 3 rings (SSSR count). The highest BCUT2D eigenvalue weighted by molar-refractivity contribution is 5.85. The molecule has 2 heterocycles. The lowest BCUT2D eigenvalue weighted by atomic mass is 10.1. The number of aromatic nitrogens is 3. The molecule has 0 radical (unpaired) electrons. The second kappa shape index (κ2) is 5.28. The molecule has 0 spiro atoms. The van der Waals surface area contributed by atoms with E-state index in [-0.39, 0.29) is 5.82 Å². The Bertz CT molecular complexity index is 811. The standard InChI is InChI=1S/C16H12FN3O/c1-11-5-6-18-15(7-11)20-9-13(10-21)16(19-20)12-3-2-4-14(17)8-12/h2-10H,1H3. The van der Waals surface area contributed by atoms with Crippen LogP contribution in [0.4, 0.5) is 4.39 Å². The van der Waals surface area contributed by atoms with Crippen molar-refractivity contribution in [2.24, 2.45) is 0 Å². The average molecular weight is 281 g/mol. The summed E-state index contributed by atoms with van der Waals surface area (Å²) in [6.45, 7) is 1.95. The first-order valence-corrected chi connectivity index (χ1v) is 6.41. The number of halogens is 1. The van der Waals surface area contributed by atoms with Gasteiger partial charge in [0.1, 0.15) is 11.5 Å². The molecule has 0 fully saturated rings. The molecule has 0 N–H and O–H groups in total. The van der Waals surface area contributed by atoms with Gasteiger partial charge in [-0.1, -0.05) is 12.1 Å². The normalized spacial score (nSPS) is 10.6. The fourth-order valence-electron chi connectivity index (χ4n) is 2.10. The highest BCUT2D eigenvalue weighted by Crippen LogP contribution is 2.23. The zero-order valence-corrected chi connectivity index (χ0v) is 11.3. The first-order chi connectivity index (χ1) is 10.2. The van der Waals surface area contributed by atoms with Crippen molar-refractivity contribution in [3.05, 3.63) is 65.7 Å². The minimum Gasteiger partial charge on any atom is -0.298 e. The van der Waals surface area contributed by atoms with Gasteiger partial charge < -0.3 is 0 Å². The molecule has 3 aromatic rings. The molecule has 21 heavy (non-hydrogen) atoms. The molecule has 0 saturated heterocycles. The van der Waals surface area contributed by atoms with E-state index in [1.54, 1.807) is 24.5 Å². The van der Waals surface area contributed by atoms with Gasteiger partial charge in [0.2, 0.25) is 0 Å². The summed E-state index contributed by atoms with van der Waals surface area (Å²) in [6, 6.07) is 9.74. The van der Waals surface area contributed by atoms with E-state index in [4.69, 9.17) is 0 Å². The topological polar surface area (TPSA) is 47.8 Å². The lowest BCUT2D eigenvalue weighted by Gasteiger charge is -2.01. The largest absolute Gasteiger partial charge is 0.298 e. The lowest BCUT2D eigenvalue weighted by Crippen LogP contribution is -1.98. The third-order valence-electron chi connectivity index (χ3n) is 3.10. The molecule has 0 saturated carbocycles. The van der Waals surface area contributed by atoms with E-state index in [0.29, 0.717) is 28.9 Å². The van der Waals surface area contributed by atoms with Gasteiger partial charge in [-0.15, -0.1) is 0 Å². The van der Waals surface area contributed by atoms with E-state index in [1.165, 1.54) is 16.8 Å². The van der Waals surface area contributed by atoms with Gasteiger partial charge in [0.25, 0.3) is 0 Å². The Kier molecular flexibility index (Phi) is 3.31. The number of nitrogens with zero attached hydrogens (tertiary/aromatic N) is 3. The molecular weight excluding hydrogens is 269 g/mol. The Hall–Kier alpha value is -2.82. The van der Waals surface area contributed by atoms with Gasteiger partial charge in [-0.25, -0.2) is 14.1 Å². The van der Waals surface area contributed by atoms with Crippen LogP contribution < -0.4 is 0 Å². The van der Waals surface area contributed by atoms with Crippen molar-refractivity contribution in [1.29, 1.82) is 0 Å². The maximum absolute atomic E-state index is 13.3. The predicted octanol–water partition coefficient (Wildman–Crippen LogP) is 3.19. The van der Waals surface area contributed by atoms with Gasteiger partial charge in [-0.05, 0) is 36.8 Å².